The van der Waals surface area contributed by atoms with Gasteiger partial charge < -0.3 is 15.4 Å². The zero-order valence-electron chi connectivity index (χ0n) is 16.6. The van der Waals surface area contributed by atoms with Crippen molar-refractivity contribution >= 4 is 29.9 Å². The van der Waals surface area contributed by atoms with Crippen molar-refractivity contribution < 1.29 is 4.74 Å². The van der Waals surface area contributed by atoms with E-state index in [2.05, 4.69) is 71.0 Å². The molecule has 0 atom stereocenters. The van der Waals surface area contributed by atoms with Crippen LogP contribution in [0.2, 0.25) is 0 Å². The monoisotopic (exact) mass is 494 g/mol. The molecular formula is C22H31IN4O. The Hall–Kier alpha value is -1.64. The summed E-state index contributed by atoms with van der Waals surface area (Å²) in [4.78, 5) is 7.19. The van der Waals surface area contributed by atoms with Gasteiger partial charge in [-0.1, -0.05) is 54.6 Å². The molecule has 0 aliphatic carbocycles. The molecule has 152 valence electrons. The van der Waals surface area contributed by atoms with Gasteiger partial charge in [0.05, 0.1) is 19.8 Å². The van der Waals surface area contributed by atoms with E-state index in [9.17, 15) is 0 Å². The number of benzene rings is 2. The Morgan fingerprint density at radius 3 is 2.43 bits per heavy atom. The number of guanidine groups is 1. The van der Waals surface area contributed by atoms with Gasteiger partial charge in [0.15, 0.2) is 5.96 Å². The predicted molar refractivity (Wildman–Crippen MR) is 126 cm³/mol. The van der Waals surface area contributed by atoms with Crippen LogP contribution in [-0.4, -0.2) is 43.7 Å². The highest BCUT2D eigenvalue weighted by Crippen LogP contribution is 2.11. The molecule has 6 heteroatoms. The number of hydrogen-bond donors (Lipinski definition) is 2. The third-order valence-corrected chi connectivity index (χ3v) is 4.57. The lowest BCUT2D eigenvalue weighted by Gasteiger charge is -2.26. The summed E-state index contributed by atoms with van der Waals surface area (Å²) in [6.07, 6.45) is 0. The fourth-order valence-corrected chi connectivity index (χ4v) is 3.14. The van der Waals surface area contributed by atoms with Crippen molar-refractivity contribution in [3.05, 3.63) is 71.3 Å². The molecule has 1 fully saturated rings. The summed E-state index contributed by atoms with van der Waals surface area (Å²) >= 11 is 0. The molecule has 2 aromatic rings. The highest BCUT2D eigenvalue weighted by atomic mass is 127. The van der Waals surface area contributed by atoms with E-state index in [0.717, 1.165) is 51.9 Å². The maximum absolute atomic E-state index is 5.43. The van der Waals surface area contributed by atoms with Gasteiger partial charge in [-0.3, -0.25) is 4.90 Å². The molecule has 3 rings (SSSR count). The Bertz CT molecular complexity index is 717. The Balaban J connectivity index is 0.00000280. The lowest BCUT2D eigenvalue weighted by atomic mass is 10.1. The third-order valence-electron chi connectivity index (χ3n) is 4.57. The van der Waals surface area contributed by atoms with E-state index in [4.69, 9.17) is 9.73 Å². The van der Waals surface area contributed by atoms with Crippen molar-refractivity contribution in [2.24, 2.45) is 4.99 Å². The number of halogens is 1. The number of nitrogens with one attached hydrogen (secondary N) is 2. The van der Waals surface area contributed by atoms with Crippen LogP contribution >= 0.6 is 24.0 Å². The van der Waals surface area contributed by atoms with Gasteiger partial charge in [0.2, 0.25) is 0 Å². The zero-order chi connectivity index (χ0) is 18.7. The van der Waals surface area contributed by atoms with E-state index < -0.39 is 0 Å². The molecule has 0 radical (unpaired) electrons. The van der Waals surface area contributed by atoms with Gasteiger partial charge >= 0.3 is 0 Å². The molecule has 1 aliphatic heterocycles. The topological polar surface area (TPSA) is 48.9 Å². The van der Waals surface area contributed by atoms with E-state index in [1.165, 1.54) is 16.7 Å². The summed E-state index contributed by atoms with van der Waals surface area (Å²) in [6.45, 7) is 9.04. The largest absolute Gasteiger partial charge is 0.379 e. The first-order valence-corrected chi connectivity index (χ1v) is 9.77. The Kier molecular flexibility index (Phi) is 10.3. The Labute approximate surface area is 185 Å². The molecule has 1 saturated heterocycles. The minimum Gasteiger partial charge on any atom is -0.379 e. The van der Waals surface area contributed by atoms with Gasteiger partial charge in [-0.2, -0.15) is 0 Å². The highest BCUT2D eigenvalue weighted by Gasteiger charge is 2.10. The number of morpholine rings is 1. The van der Waals surface area contributed by atoms with Crippen molar-refractivity contribution in [3.63, 3.8) is 0 Å². The van der Waals surface area contributed by atoms with Crippen LogP contribution in [0.5, 0.6) is 0 Å². The van der Waals surface area contributed by atoms with Crippen LogP contribution in [0.15, 0.2) is 59.6 Å². The predicted octanol–water partition coefficient (Wildman–Crippen LogP) is 3.39. The quantitative estimate of drug-likeness (QED) is 0.352. The van der Waals surface area contributed by atoms with Gasteiger partial charge in [-0.05, 0) is 23.6 Å². The maximum Gasteiger partial charge on any atom is 0.191 e. The lowest BCUT2D eigenvalue weighted by Crippen LogP contribution is -2.36. The van der Waals surface area contributed by atoms with Crippen molar-refractivity contribution in [2.45, 2.75) is 26.6 Å². The molecule has 0 unspecified atom stereocenters. The van der Waals surface area contributed by atoms with Crippen LogP contribution < -0.4 is 10.6 Å². The molecule has 5 nitrogen and oxygen atoms in total. The average molecular weight is 494 g/mol. The van der Waals surface area contributed by atoms with Gasteiger partial charge in [-0.15, -0.1) is 24.0 Å². The van der Waals surface area contributed by atoms with Crippen LogP contribution in [0.3, 0.4) is 0 Å². The molecule has 0 spiro atoms. The summed E-state index contributed by atoms with van der Waals surface area (Å²) in [5.41, 5.74) is 3.82. The van der Waals surface area contributed by atoms with E-state index in [0.29, 0.717) is 6.54 Å². The van der Waals surface area contributed by atoms with Crippen molar-refractivity contribution in [3.8, 4) is 0 Å². The van der Waals surface area contributed by atoms with Crippen LogP contribution in [0.1, 0.15) is 23.6 Å². The molecule has 0 saturated carbocycles. The minimum absolute atomic E-state index is 0. The zero-order valence-corrected chi connectivity index (χ0v) is 18.9. The van der Waals surface area contributed by atoms with Gasteiger partial charge in [-0.25, -0.2) is 4.99 Å². The highest BCUT2D eigenvalue weighted by molar-refractivity contribution is 14.0. The fraction of sp³-hybridized carbons (Fsp3) is 0.409. The molecule has 2 aromatic carbocycles. The molecule has 28 heavy (non-hydrogen) atoms. The summed E-state index contributed by atoms with van der Waals surface area (Å²) in [5.74, 6) is 0.847. The first-order chi connectivity index (χ1) is 13.3. The van der Waals surface area contributed by atoms with E-state index in [1.54, 1.807) is 0 Å². The summed E-state index contributed by atoms with van der Waals surface area (Å²) in [5, 5.41) is 6.72. The molecule has 0 aromatic heterocycles. The second-order valence-corrected chi connectivity index (χ2v) is 6.74. The first-order valence-electron chi connectivity index (χ1n) is 9.77. The fourth-order valence-electron chi connectivity index (χ4n) is 3.14. The number of rotatable bonds is 7. The molecule has 1 heterocycles. The van der Waals surface area contributed by atoms with Crippen molar-refractivity contribution in [1.82, 2.24) is 15.5 Å². The number of ether oxygens (including phenoxy) is 1. The Morgan fingerprint density at radius 2 is 1.68 bits per heavy atom. The molecule has 2 N–H and O–H groups in total. The summed E-state index contributed by atoms with van der Waals surface area (Å²) in [6, 6.07) is 19.1. The smallest absolute Gasteiger partial charge is 0.191 e. The van der Waals surface area contributed by atoms with Crippen molar-refractivity contribution in [2.75, 3.05) is 32.8 Å². The van der Waals surface area contributed by atoms with Gasteiger partial charge in [0, 0.05) is 32.7 Å². The van der Waals surface area contributed by atoms with Crippen LogP contribution in [0, 0.1) is 0 Å². The lowest BCUT2D eigenvalue weighted by molar-refractivity contribution is 0.0342. The molecule has 1 aliphatic rings. The number of nitrogens with zero attached hydrogens (tertiary/aromatic N) is 2. The van der Waals surface area contributed by atoms with Gasteiger partial charge in [0.25, 0.3) is 0 Å². The third kappa shape index (κ3) is 7.77. The molecular weight excluding hydrogens is 463 g/mol. The van der Waals surface area contributed by atoms with Crippen LogP contribution in [-0.2, 0) is 24.4 Å². The SMILES string of the molecule is CCNC(=NCc1cccc(CN2CCOCC2)c1)NCc1ccccc1.I. The van der Waals surface area contributed by atoms with E-state index in [-0.39, 0.29) is 24.0 Å². The second-order valence-electron chi connectivity index (χ2n) is 6.74. The minimum atomic E-state index is 0. The Morgan fingerprint density at radius 1 is 0.964 bits per heavy atom. The summed E-state index contributed by atoms with van der Waals surface area (Å²) in [7, 11) is 0. The standard InChI is InChI=1S/C22H30N4O.HI/c1-2-23-22(24-16-19-7-4-3-5-8-19)25-17-20-9-6-10-21(15-20)18-26-11-13-27-14-12-26;/h3-10,15H,2,11-14,16-18H2,1H3,(H2,23,24,25);1H. The summed E-state index contributed by atoms with van der Waals surface area (Å²) < 4.78 is 5.43. The number of aliphatic imine (C=N–C) groups is 1. The van der Waals surface area contributed by atoms with E-state index >= 15 is 0 Å². The van der Waals surface area contributed by atoms with Crippen molar-refractivity contribution in [1.29, 1.82) is 0 Å². The van der Waals surface area contributed by atoms with E-state index in [1.807, 2.05) is 6.07 Å². The van der Waals surface area contributed by atoms with Crippen LogP contribution in [0.25, 0.3) is 0 Å². The number of hydrogen-bond acceptors (Lipinski definition) is 3. The molecule has 0 bridgehead atoms. The first kappa shape index (κ1) is 22.6. The molecule has 0 amide bonds. The average Bonchev–Trinajstić information content (AvgIpc) is 2.72. The maximum atomic E-state index is 5.43. The van der Waals surface area contributed by atoms with Gasteiger partial charge in [0.1, 0.15) is 0 Å². The normalized spacial score (nSPS) is 15.0. The van der Waals surface area contributed by atoms with Crippen LogP contribution in [0.4, 0.5) is 0 Å². The second kappa shape index (κ2) is 12.7.